The summed E-state index contributed by atoms with van der Waals surface area (Å²) in [6.45, 7) is 1.60. The lowest BCUT2D eigenvalue weighted by Crippen LogP contribution is -2.44. The minimum Gasteiger partial charge on any atom is -0.466 e. The molecular weight excluding hydrogens is 339 g/mol. The maximum atomic E-state index is 13.6. The minimum atomic E-state index is -4.33. The Morgan fingerprint density at radius 1 is 1.35 bits per heavy atom. The highest BCUT2D eigenvalue weighted by molar-refractivity contribution is 7.93. The fourth-order valence-electron chi connectivity index (χ4n) is 2.05. The monoisotopic (exact) mass is 353 g/mol. The molecule has 0 spiro atoms. The van der Waals surface area contributed by atoms with Gasteiger partial charge in [0.25, 0.3) is 10.0 Å². The molecule has 2 rings (SSSR count). The van der Waals surface area contributed by atoms with Crippen LogP contribution in [0.5, 0.6) is 0 Å². The second-order valence-corrected chi connectivity index (χ2v) is 6.48. The van der Waals surface area contributed by atoms with Crippen molar-refractivity contribution >= 4 is 21.7 Å². The Bertz CT molecular complexity index is 714. The predicted molar refractivity (Wildman–Crippen MR) is 73.9 cm³/mol. The molecule has 11 heteroatoms. The number of carbonyl (C=O) groups excluding carboxylic acids is 1. The van der Waals surface area contributed by atoms with E-state index in [0.717, 1.165) is 6.07 Å². The maximum Gasteiger partial charge on any atom is 0.313 e. The normalized spacial score (nSPS) is 21.2. The van der Waals surface area contributed by atoms with Gasteiger partial charge < -0.3 is 4.74 Å². The van der Waals surface area contributed by atoms with Gasteiger partial charge in [-0.1, -0.05) is 0 Å². The zero-order valence-corrected chi connectivity index (χ0v) is 12.7. The lowest BCUT2D eigenvalue weighted by atomic mass is 10.2. The molecule has 2 atom stereocenters. The minimum absolute atomic E-state index is 0.0231. The number of hydrogen-bond donors (Lipinski definition) is 3. The largest absolute Gasteiger partial charge is 0.466 e. The number of benzene rings is 1. The Hall–Kier alpha value is -1.85. The van der Waals surface area contributed by atoms with Crippen molar-refractivity contribution in [3.05, 3.63) is 29.6 Å². The molecule has 0 aromatic heterocycles. The zero-order valence-electron chi connectivity index (χ0n) is 11.9. The number of sulfonamides is 1. The average Bonchev–Trinajstić information content (AvgIpc) is 2.99. The highest BCUT2D eigenvalue weighted by atomic mass is 32.2. The molecule has 23 heavy (non-hydrogen) atoms. The van der Waals surface area contributed by atoms with Crippen molar-refractivity contribution in [1.29, 1.82) is 0 Å². The molecule has 1 heterocycles. The molecule has 0 amide bonds. The van der Waals surface area contributed by atoms with E-state index < -0.39 is 50.4 Å². The van der Waals surface area contributed by atoms with Crippen LogP contribution in [0.4, 0.5) is 18.9 Å². The quantitative estimate of drug-likeness (QED) is 0.526. The third-order valence-electron chi connectivity index (χ3n) is 3.14. The highest BCUT2D eigenvalue weighted by Gasteiger charge is 2.43. The molecule has 0 bridgehead atoms. The highest BCUT2D eigenvalue weighted by Crippen LogP contribution is 2.23. The van der Waals surface area contributed by atoms with Crippen LogP contribution in [0.2, 0.25) is 0 Å². The first-order valence-corrected chi connectivity index (χ1v) is 8.12. The number of esters is 1. The summed E-state index contributed by atoms with van der Waals surface area (Å²) in [5, 5.41) is -1.46. The molecule has 3 N–H and O–H groups in total. The lowest BCUT2D eigenvalue weighted by Gasteiger charge is -2.19. The molecule has 1 fully saturated rings. The summed E-state index contributed by atoms with van der Waals surface area (Å²) >= 11 is 0. The summed E-state index contributed by atoms with van der Waals surface area (Å²) in [4.78, 5) is 11.7. The van der Waals surface area contributed by atoms with E-state index in [2.05, 4.69) is 10.9 Å². The molecule has 1 aliphatic rings. The third kappa shape index (κ3) is 3.57. The second-order valence-electron chi connectivity index (χ2n) is 4.67. The van der Waals surface area contributed by atoms with Crippen LogP contribution in [0.1, 0.15) is 6.92 Å². The Morgan fingerprint density at radius 3 is 2.70 bits per heavy atom. The van der Waals surface area contributed by atoms with Gasteiger partial charge in [0, 0.05) is 6.54 Å². The standard InChI is InChI=1S/C12H14F3N3O4S/c1-2-22-12(19)6-5-16-17-11(6)23(20,21)18-8-4-3-7(13)9(14)10(8)15/h3-4,6,11,16-18H,2,5H2,1H3. The van der Waals surface area contributed by atoms with Gasteiger partial charge in [-0.15, -0.1) is 0 Å². The van der Waals surface area contributed by atoms with Gasteiger partial charge >= 0.3 is 5.97 Å². The Balaban J connectivity index is 2.25. The first-order chi connectivity index (χ1) is 10.8. The summed E-state index contributed by atoms with van der Waals surface area (Å²) in [6.07, 6.45) is 0. The van der Waals surface area contributed by atoms with Crippen LogP contribution in [-0.4, -0.2) is 32.9 Å². The van der Waals surface area contributed by atoms with Crippen molar-refractivity contribution in [2.45, 2.75) is 12.3 Å². The molecule has 0 saturated carbocycles. The second kappa shape index (κ2) is 6.72. The fourth-order valence-corrected chi connectivity index (χ4v) is 3.52. The topological polar surface area (TPSA) is 96.5 Å². The van der Waals surface area contributed by atoms with Crippen LogP contribution in [0.25, 0.3) is 0 Å². The Kier molecular flexibility index (Phi) is 5.12. The zero-order chi connectivity index (χ0) is 17.2. The van der Waals surface area contributed by atoms with Gasteiger partial charge in [-0.3, -0.25) is 14.9 Å². The number of rotatable bonds is 5. The van der Waals surface area contributed by atoms with E-state index in [1.807, 2.05) is 0 Å². The van der Waals surface area contributed by atoms with Crippen molar-refractivity contribution in [2.24, 2.45) is 5.92 Å². The van der Waals surface area contributed by atoms with Crippen LogP contribution < -0.4 is 15.6 Å². The summed E-state index contributed by atoms with van der Waals surface area (Å²) in [7, 11) is -4.33. The molecule has 1 saturated heterocycles. The van der Waals surface area contributed by atoms with Crippen LogP contribution >= 0.6 is 0 Å². The van der Waals surface area contributed by atoms with E-state index in [-0.39, 0.29) is 13.2 Å². The molecule has 128 valence electrons. The number of hydrogen-bond acceptors (Lipinski definition) is 6. The number of carbonyl (C=O) groups is 1. The van der Waals surface area contributed by atoms with Crippen LogP contribution in [0, 0.1) is 23.4 Å². The van der Waals surface area contributed by atoms with E-state index in [4.69, 9.17) is 4.74 Å². The van der Waals surface area contributed by atoms with Gasteiger partial charge in [-0.25, -0.2) is 27.0 Å². The van der Waals surface area contributed by atoms with Gasteiger partial charge in [-0.05, 0) is 19.1 Å². The lowest BCUT2D eigenvalue weighted by molar-refractivity contribution is -0.147. The van der Waals surface area contributed by atoms with Gasteiger partial charge in [0.15, 0.2) is 22.8 Å². The Labute approximate surface area is 130 Å². The smallest absolute Gasteiger partial charge is 0.313 e. The molecule has 1 aromatic rings. The van der Waals surface area contributed by atoms with Gasteiger partial charge in [0.1, 0.15) is 5.92 Å². The number of nitrogens with one attached hydrogen (secondary N) is 3. The van der Waals surface area contributed by atoms with E-state index >= 15 is 0 Å². The van der Waals surface area contributed by atoms with Crippen molar-refractivity contribution in [3.63, 3.8) is 0 Å². The molecule has 0 aliphatic carbocycles. The van der Waals surface area contributed by atoms with Crippen molar-refractivity contribution < 1.29 is 31.1 Å². The molecular formula is C12H14F3N3O4S. The SMILES string of the molecule is CCOC(=O)C1CNNC1S(=O)(=O)Nc1ccc(F)c(F)c1F. The first-order valence-electron chi connectivity index (χ1n) is 6.58. The van der Waals surface area contributed by atoms with E-state index in [9.17, 15) is 26.4 Å². The maximum absolute atomic E-state index is 13.6. The van der Waals surface area contributed by atoms with E-state index in [1.165, 1.54) is 0 Å². The molecule has 1 aliphatic heterocycles. The molecule has 2 unspecified atom stereocenters. The molecule has 1 aromatic carbocycles. The number of hydrazine groups is 1. The van der Waals surface area contributed by atoms with Gasteiger partial charge in [0.05, 0.1) is 12.3 Å². The van der Waals surface area contributed by atoms with E-state index in [1.54, 1.807) is 11.6 Å². The van der Waals surface area contributed by atoms with Crippen LogP contribution in [0.15, 0.2) is 12.1 Å². The average molecular weight is 353 g/mol. The summed E-state index contributed by atoms with van der Waals surface area (Å²) in [5.41, 5.74) is 4.09. The first kappa shape index (κ1) is 17.5. The van der Waals surface area contributed by atoms with Gasteiger partial charge in [-0.2, -0.15) is 0 Å². The van der Waals surface area contributed by atoms with Crippen LogP contribution in [-0.2, 0) is 19.6 Å². The number of ether oxygens (including phenoxy) is 1. The van der Waals surface area contributed by atoms with Crippen molar-refractivity contribution in [2.75, 3.05) is 17.9 Å². The molecule has 7 nitrogen and oxygen atoms in total. The van der Waals surface area contributed by atoms with Crippen molar-refractivity contribution in [1.82, 2.24) is 10.9 Å². The number of halogens is 3. The molecule has 0 radical (unpaired) electrons. The summed E-state index contributed by atoms with van der Waals surface area (Å²) < 4.78 is 70.7. The summed E-state index contributed by atoms with van der Waals surface area (Å²) in [6, 6.07) is 1.33. The number of anilines is 1. The Morgan fingerprint density at radius 2 is 2.04 bits per heavy atom. The van der Waals surface area contributed by atoms with Crippen molar-refractivity contribution in [3.8, 4) is 0 Å². The van der Waals surface area contributed by atoms with Crippen LogP contribution in [0.3, 0.4) is 0 Å². The van der Waals surface area contributed by atoms with E-state index in [0.29, 0.717) is 6.07 Å². The fraction of sp³-hybridized carbons (Fsp3) is 0.417. The van der Waals surface area contributed by atoms with Gasteiger partial charge in [0.2, 0.25) is 0 Å². The third-order valence-corrected chi connectivity index (χ3v) is 4.76. The summed E-state index contributed by atoms with van der Waals surface area (Å²) in [5.74, 6) is -6.76. The predicted octanol–water partition coefficient (Wildman–Crippen LogP) is 0.459.